The lowest BCUT2D eigenvalue weighted by molar-refractivity contribution is 0.552. The second-order valence-corrected chi connectivity index (χ2v) is 2.81. The highest BCUT2D eigenvalue weighted by atomic mass is 32.2. The summed E-state index contributed by atoms with van der Waals surface area (Å²) in [6.07, 6.45) is 0.142. The molecule has 0 aliphatic rings. The highest BCUT2D eigenvalue weighted by Gasteiger charge is 2.05. The van der Waals surface area contributed by atoms with Crippen LogP contribution in [0.1, 0.15) is 13.3 Å². The zero-order chi connectivity index (χ0) is 6.57. The third-order valence-corrected chi connectivity index (χ3v) is 1.58. The van der Waals surface area contributed by atoms with Crippen LogP contribution in [0.3, 0.4) is 0 Å². The summed E-state index contributed by atoms with van der Waals surface area (Å²) in [7, 11) is 0. The molecule has 2 unspecified atom stereocenters. The van der Waals surface area contributed by atoms with E-state index in [2.05, 4.69) is 0 Å². The molecule has 0 rings (SSSR count). The maximum Gasteiger partial charge on any atom is 0.156 e. The second-order valence-electron chi connectivity index (χ2n) is 1.45. The quantitative estimate of drug-likeness (QED) is 0.558. The topological polar surface area (TPSA) is 61.1 Å². The van der Waals surface area contributed by atoms with Gasteiger partial charge in [-0.3, -0.25) is 0 Å². The Labute approximate surface area is 50.6 Å². The van der Waals surface area contributed by atoms with E-state index in [1.807, 2.05) is 0 Å². The van der Waals surface area contributed by atoms with E-state index in [1.165, 1.54) is 0 Å². The van der Waals surface area contributed by atoms with Crippen molar-refractivity contribution in [3.63, 3.8) is 0 Å². The molecule has 1 N–H and O–H groups in total. The molecule has 4 heteroatoms. The number of hydrogen-bond donors (Lipinski definition) is 1. The smallest absolute Gasteiger partial charge is 0.156 e. The molecular formula is C4H7NO2S. The highest BCUT2D eigenvalue weighted by molar-refractivity contribution is 7.79. The third-order valence-electron chi connectivity index (χ3n) is 0.723. The van der Waals surface area contributed by atoms with Gasteiger partial charge in [-0.1, -0.05) is 0 Å². The monoisotopic (exact) mass is 133 g/mol. The lowest BCUT2D eigenvalue weighted by atomic mass is 10.4. The maximum atomic E-state index is 10.0. The fourth-order valence-electron chi connectivity index (χ4n) is 0.200. The molecular weight excluding hydrogens is 126 g/mol. The van der Waals surface area contributed by atoms with Gasteiger partial charge in [0.2, 0.25) is 0 Å². The zero-order valence-electron chi connectivity index (χ0n) is 4.50. The van der Waals surface area contributed by atoms with Crippen molar-refractivity contribution in [1.29, 1.82) is 5.26 Å². The summed E-state index contributed by atoms with van der Waals surface area (Å²) < 4.78 is 18.3. The van der Waals surface area contributed by atoms with E-state index in [0.29, 0.717) is 0 Å². The first kappa shape index (κ1) is 7.60. The summed E-state index contributed by atoms with van der Waals surface area (Å²) >= 11 is -1.83. The van der Waals surface area contributed by atoms with Crippen LogP contribution in [0.5, 0.6) is 0 Å². The second kappa shape index (κ2) is 3.58. The van der Waals surface area contributed by atoms with Crippen LogP contribution >= 0.6 is 0 Å². The van der Waals surface area contributed by atoms with Gasteiger partial charge in [-0.2, -0.15) is 5.26 Å². The Kier molecular flexibility index (Phi) is 3.40. The molecule has 0 bridgehead atoms. The Bertz CT molecular complexity index is 128. The first-order chi connectivity index (χ1) is 3.68. The number of nitrogens with zero attached hydrogens (tertiary/aromatic N) is 1. The summed E-state index contributed by atoms with van der Waals surface area (Å²) in [6.45, 7) is 1.55. The minimum absolute atomic E-state index is 0.142. The Morgan fingerprint density at radius 1 is 2.00 bits per heavy atom. The lowest BCUT2D eigenvalue weighted by Crippen LogP contribution is -2.07. The van der Waals surface area contributed by atoms with Gasteiger partial charge in [0, 0.05) is 0 Å². The van der Waals surface area contributed by atoms with Crippen molar-refractivity contribution in [3.8, 4) is 6.07 Å². The molecule has 8 heavy (non-hydrogen) atoms. The minimum atomic E-state index is -1.83. The molecule has 0 saturated carbocycles. The van der Waals surface area contributed by atoms with Crippen molar-refractivity contribution in [1.82, 2.24) is 0 Å². The van der Waals surface area contributed by atoms with Crippen LogP contribution in [0, 0.1) is 11.3 Å². The van der Waals surface area contributed by atoms with Crippen LogP contribution in [0.2, 0.25) is 0 Å². The molecule has 0 spiro atoms. The molecule has 0 radical (unpaired) electrons. The molecule has 0 heterocycles. The summed E-state index contributed by atoms with van der Waals surface area (Å²) in [4.78, 5) is 0. The van der Waals surface area contributed by atoms with Crippen LogP contribution in [0.25, 0.3) is 0 Å². The van der Waals surface area contributed by atoms with Gasteiger partial charge in [-0.05, 0) is 6.92 Å². The molecule has 0 aromatic rings. The first-order valence-corrected chi connectivity index (χ1v) is 3.32. The Balaban J connectivity index is 3.52. The Hall–Kier alpha value is -0.400. The Morgan fingerprint density at radius 3 is 2.62 bits per heavy atom. The van der Waals surface area contributed by atoms with Crippen LogP contribution in [0.4, 0.5) is 0 Å². The van der Waals surface area contributed by atoms with Crippen LogP contribution < -0.4 is 0 Å². The normalized spacial score (nSPS) is 16.6. The maximum absolute atomic E-state index is 10.0. The summed E-state index contributed by atoms with van der Waals surface area (Å²) in [6, 6.07) is 1.80. The molecule has 0 aromatic heterocycles. The number of rotatable bonds is 2. The van der Waals surface area contributed by atoms with E-state index in [4.69, 9.17) is 9.81 Å². The fraction of sp³-hybridized carbons (Fsp3) is 0.750. The van der Waals surface area contributed by atoms with Crippen molar-refractivity contribution >= 4 is 11.1 Å². The van der Waals surface area contributed by atoms with Gasteiger partial charge < -0.3 is 4.55 Å². The predicted molar refractivity (Wildman–Crippen MR) is 30.5 cm³/mol. The molecule has 0 amide bonds. The molecule has 46 valence electrons. The molecule has 0 aromatic carbocycles. The van der Waals surface area contributed by atoms with E-state index < -0.39 is 16.3 Å². The van der Waals surface area contributed by atoms with Gasteiger partial charge in [-0.25, -0.2) is 4.21 Å². The van der Waals surface area contributed by atoms with Crippen molar-refractivity contribution < 1.29 is 8.76 Å². The van der Waals surface area contributed by atoms with E-state index in [9.17, 15) is 4.21 Å². The zero-order valence-corrected chi connectivity index (χ0v) is 5.31. The largest absolute Gasteiger partial charge is 0.306 e. The van der Waals surface area contributed by atoms with Crippen molar-refractivity contribution in [2.75, 3.05) is 0 Å². The van der Waals surface area contributed by atoms with Gasteiger partial charge in [-0.15, -0.1) is 0 Å². The van der Waals surface area contributed by atoms with Crippen LogP contribution in [0.15, 0.2) is 0 Å². The van der Waals surface area contributed by atoms with E-state index >= 15 is 0 Å². The summed E-state index contributed by atoms with van der Waals surface area (Å²) in [5, 5.41) is 7.57. The Morgan fingerprint density at radius 2 is 2.50 bits per heavy atom. The third kappa shape index (κ3) is 2.72. The molecule has 3 nitrogen and oxygen atoms in total. The fourth-order valence-corrected chi connectivity index (χ4v) is 0.417. The molecule has 0 saturated heterocycles. The number of nitriles is 1. The van der Waals surface area contributed by atoms with Gasteiger partial charge in [0.15, 0.2) is 11.1 Å². The van der Waals surface area contributed by atoms with E-state index in [-0.39, 0.29) is 6.42 Å². The average Bonchev–Trinajstić information content (AvgIpc) is 1.67. The molecule has 2 atom stereocenters. The van der Waals surface area contributed by atoms with Gasteiger partial charge in [0.1, 0.15) is 0 Å². The summed E-state index contributed by atoms with van der Waals surface area (Å²) in [5.41, 5.74) is 0. The standard InChI is InChI=1S/C4H7NO2S/c1-4(2-3-5)8(6)7/h4H,2H2,1H3,(H,6,7). The van der Waals surface area contributed by atoms with Crippen LogP contribution in [-0.2, 0) is 11.1 Å². The van der Waals surface area contributed by atoms with Crippen molar-refractivity contribution in [3.05, 3.63) is 0 Å². The van der Waals surface area contributed by atoms with Gasteiger partial charge in [0.05, 0.1) is 17.7 Å². The van der Waals surface area contributed by atoms with Crippen molar-refractivity contribution in [2.24, 2.45) is 0 Å². The van der Waals surface area contributed by atoms with Gasteiger partial charge in [0.25, 0.3) is 0 Å². The molecule has 0 aliphatic heterocycles. The highest BCUT2D eigenvalue weighted by Crippen LogP contribution is 1.95. The molecule has 0 fully saturated rings. The van der Waals surface area contributed by atoms with E-state index in [0.717, 1.165) is 0 Å². The molecule has 0 aliphatic carbocycles. The lowest BCUT2D eigenvalue weighted by Gasteiger charge is -1.96. The average molecular weight is 133 g/mol. The van der Waals surface area contributed by atoms with Gasteiger partial charge >= 0.3 is 0 Å². The SMILES string of the molecule is CC(CC#N)S(=O)O. The number of hydrogen-bond acceptors (Lipinski definition) is 2. The van der Waals surface area contributed by atoms with Crippen LogP contribution in [-0.4, -0.2) is 14.0 Å². The van der Waals surface area contributed by atoms with E-state index in [1.54, 1.807) is 13.0 Å². The first-order valence-electron chi connectivity index (χ1n) is 2.15. The summed E-state index contributed by atoms with van der Waals surface area (Å²) in [5.74, 6) is 0. The minimum Gasteiger partial charge on any atom is -0.306 e. The predicted octanol–water partition coefficient (Wildman–Crippen LogP) is 0.510. The van der Waals surface area contributed by atoms with Crippen molar-refractivity contribution in [2.45, 2.75) is 18.6 Å².